The highest BCUT2D eigenvalue weighted by Gasteiger charge is 2.14. The Morgan fingerprint density at radius 2 is 1.58 bits per heavy atom. The van der Waals surface area contributed by atoms with Crippen LogP contribution in [-0.4, -0.2) is 30.2 Å². The van der Waals surface area contributed by atoms with E-state index in [2.05, 4.69) is 10.6 Å². The molecule has 2 aromatic rings. The van der Waals surface area contributed by atoms with Gasteiger partial charge >= 0.3 is 11.8 Å². The molecule has 0 saturated heterocycles. The molecule has 1 aromatic heterocycles. The van der Waals surface area contributed by atoms with E-state index >= 15 is 0 Å². The van der Waals surface area contributed by atoms with Crippen molar-refractivity contribution in [2.45, 2.75) is 13.0 Å². The molecule has 136 valence electrons. The van der Waals surface area contributed by atoms with Gasteiger partial charge in [0, 0.05) is 0 Å². The van der Waals surface area contributed by atoms with E-state index in [-0.39, 0.29) is 25.4 Å². The zero-order valence-electron chi connectivity index (χ0n) is 13.8. The molecule has 1 heterocycles. The first-order chi connectivity index (χ1) is 12.5. The molecule has 0 bridgehead atoms. The molecule has 0 fully saturated rings. The van der Waals surface area contributed by atoms with Crippen molar-refractivity contribution in [1.82, 2.24) is 21.5 Å². The fourth-order valence-corrected chi connectivity index (χ4v) is 1.91. The van der Waals surface area contributed by atoms with Crippen molar-refractivity contribution in [3.63, 3.8) is 0 Å². The Morgan fingerprint density at radius 1 is 0.808 bits per heavy atom. The van der Waals surface area contributed by atoms with E-state index in [9.17, 15) is 19.2 Å². The SMILES string of the molecule is O=C(Cc1ccccc1)NCC(=O)NNC(=O)C(=O)NCc1ccco1. The molecular formula is C17H18N4O5. The minimum Gasteiger partial charge on any atom is -0.467 e. The van der Waals surface area contributed by atoms with E-state index in [1.165, 1.54) is 6.26 Å². The quantitative estimate of drug-likeness (QED) is 0.405. The van der Waals surface area contributed by atoms with Gasteiger partial charge < -0.3 is 15.1 Å². The lowest BCUT2D eigenvalue weighted by Crippen LogP contribution is -2.50. The Balaban J connectivity index is 1.62. The van der Waals surface area contributed by atoms with Crippen molar-refractivity contribution in [1.29, 1.82) is 0 Å². The molecule has 0 saturated carbocycles. The lowest BCUT2D eigenvalue weighted by molar-refractivity contribution is -0.141. The van der Waals surface area contributed by atoms with Gasteiger partial charge in [0.15, 0.2) is 0 Å². The van der Waals surface area contributed by atoms with Gasteiger partial charge in [-0.15, -0.1) is 0 Å². The number of hydrogen-bond acceptors (Lipinski definition) is 5. The second-order valence-corrected chi connectivity index (χ2v) is 5.20. The van der Waals surface area contributed by atoms with Crippen molar-refractivity contribution in [3.8, 4) is 0 Å². The van der Waals surface area contributed by atoms with Crippen molar-refractivity contribution in [2.24, 2.45) is 0 Å². The number of carbonyl (C=O) groups excluding carboxylic acids is 4. The lowest BCUT2D eigenvalue weighted by atomic mass is 10.1. The minimum absolute atomic E-state index is 0.0444. The third kappa shape index (κ3) is 6.48. The van der Waals surface area contributed by atoms with Crippen LogP contribution in [0.4, 0.5) is 0 Å². The lowest BCUT2D eigenvalue weighted by Gasteiger charge is -2.08. The summed E-state index contributed by atoms with van der Waals surface area (Å²) in [4.78, 5) is 46.4. The Labute approximate surface area is 149 Å². The smallest absolute Gasteiger partial charge is 0.327 e. The van der Waals surface area contributed by atoms with E-state index in [0.717, 1.165) is 5.56 Å². The molecular weight excluding hydrogens is 340 g/mol. The number of nitrogens with one attached hydrogen (secondary N) is 4. The highest BCUT2D eigenvalue weighted by molar-refractivity contribution is 6.35. The van der Waals surface area contributed by atoms with E-state index < -0.39 is 17.7 Å². The van der Waals surface area contributed by atoms with E-state index in [1.54, 1.807) is 24.3 Å². The summed E-state index contributed by atoms with van der Waals surface area (Å²) < 4.78 is 5.00. The second kappa shape index (κ2) is 9.62. The van der Waals surface area contributed by atoms with Crippen molar-refractivity contribution < 1.29 is 23.6 Å². The van der Waals surface area contributed by atoms with E-state index in [0.29, 0.717) is 5.76 Å². The zero-order valence-corrected chi connectivity index (χ0v) is 13.8. The molecule has 0 radical (unpaired) electrons. The van der Waals surface area contributed by atoms with Gasteiger partial charge in [0.05, 0.1) is 25.8 Å². The molecule has 2 rings (SSSR count). The summed E-state index contributed by atoms with van der Waals surface area (Å²) in [6.07, 6.45) is 1.57. The van der Waals surface area contributed by atoms with Crippen LogP contribution in [0.15, 0.2) is 53.1 Å². The third-order valence-corrected chi connectivity index (χ3v) is 3.18. The molecule has 0 aliphatic heterocycles. The number of carbonyl (C=O) groups is 4. The minimum atomic E-state index is -1.04. The monoisotopic (exact) mass is 358 g/mol. The molecule has 1 aromatic carbocycles. The van der Waals surface area contributed by atoms with Crippen molar-refractivity contribution >= 4 is 23.6 Å². The van der Waals surface area contributed by atoms with Gasteiger partial charge in [-0.25, -0.2) is 0 Å². The molecule has 0 aliphatic carbocycles. The zero-order chi connectivity index (χ0) is 18.8. The topological polar surface area (TPSA) is 130 Å². The Hall–Kier alpha value is -3.62. The Morgan fingerprint density at radius 3 is 2.27 bits per heavy atom. The molecule has 0 spiro atoms. The van der Waals surface area contributed by atoms with Gasteiger partial charge in [-0.3, -0.25) is 30.0 Å². The van der Waals surface area contributed by atoms with Crippen LogP contribution in [0.25, 0.3) is 0 Å². The van der Waals surface area contributed by atoms with E-state index in [1.807, 2.05) is 29.1 Å². The molecule has 9 nitrogen and oxygen atoms in total. The molecule has 9 heteroatoms. The maximum absolute atomic E-state index is 11.7. The van der Waals surface area contributed by atoms with Crippen LogP contribution in [0.2, 0.25) is 0 Å². The molecule has 0 aliphatic rings. The molecule has 4 N–H and O–H groups in total. The average Bonchev–Trinajstić information content (AvgIpc) is 3.17. The van der Waals surface area contributed by atoms with E-state index in [4.69, 9.17) is 4.42 Å². The first-order valence-corrected chi connectivity index (χ1v) is 7.74. The molecule has 0 atom stereocenters. The highest BCUT2D eigenvalue weighted by Crippen LogP contribution is 1.99. The number of amides is 4. The van der Waals surface area contributed by atoms with Crippen LogP contribution in [0.3, 0.4) is 0 Å². The van der Waals surface area contributed by atoms with Gasteiger partial charge in [0.25, 0.3) is 5.91 Å². The maximum Gasteiger partial charge on any atom is 0.327 e. The van der Waals surface area contributed by atoms with Crippen molar-refractivity contribution in [2.75, 3.05) is 6.54 Å². The first-order valence-electron chi connectivity index (χ1n) is 7.74. The van der Waals surface area contributed by atoms with Crippen LogP contribution < -0.4 is 21.5 Å². The number of rotatable bonds is 6. The summed E-state index contributed by atoms with van der Waals surface area (Å²) in [5.41, 5.74) is 4.80. The van der Waals surface area contributed by atoms with Gasteiger partial charge in [0.1, 0.15) is 5.76 Å². The average molecular weight is 358 g/mol. The third-order valence-electron chi connectivity index (χ3n) is 3.18. The molecule has 26 heavy (non-hydrogen) atoms. The standard InChI is InChI=1S/C17H18N4O5/c22-14(9-12-5-2-1-3-6-12)18-11-15(23)20-21-17(25)16(24)19-10-13-7-4-8-26-13/h1-8H,9-11H2,(H,18,22)(H,19,24)(H,20,23)(H,21,25). The number of hydrazine groups is 1. The predicted molar refractivity (Wildman–Crippen MR) is 90.0 cm³/mol. The number of hydrogen-bond donors (Lipinski definition) is 4. The van der Waals surface area contributed by atoms with Crippen LogP contribution in [0, 0.1) is 0 Å². The Kier molecular flexibility index (Phi) is 6.93. The maximum atomic E-state index is 11.7. The molecule has 4 amide bonds. The van der Waals surface area contributed by atoms with Crippen LogP contribution in [0.1, 0.15) is 11.3 Å². The van der Waals surface area contributed by atoms with Crippen LogP contribution >= 0.6 is 0 Å². The van der Waals surface area contributed by atoms with Crippen LogP contribution in [0.5, 0.6) is 0 Å². The van der Waals surface area contributed by atoms with Gasteiger partial charge in [-0.2, -0.15) is 0 Å². The van der Waals surface area contributed by atoms with Gasteiger partial charge in [-0.1, -0.05) is 30.3 Å². The summed E-state index contributed by atoms with van der Waals surface area (Å²) in [5, 5.41) is 4.73. The summed E-state index contributed by atoms with van der Waals surface area (Å²) in [6, 6.07) is 12.3. The first kappa shape index (κ1) is 18.7. The van der Waals surface area contributed by atoms with Gasteiger partial charge in [0.2, 0.25) is 5.91 Å². The summed E-state index contributed by atoms with van der Waals surface area (Å²) in [7, 11) is 0. The van der Waals surface area contributed by atoms with Crippen LogP contribution in [-0.2, 0) is 32.1 Å². The summed E-state index contributed by atoms with van der Waals surface area (Å²) >= 11 is 0. The molecule has 0 unspecified atom stereocenters. The largest absolute Gasteiger partial charge is 0.467 e. The summed E-state index contributed by atoms with van der Waals surface area (Å²) in [6.45, 7) is -0.289. The van der Waals surface area contributed by atoms with Crippen molar-refractivity contribution in [3.05, 3.63) is 60.1 Å². The number of furan rings is 1. The number of benzene rings is 1. The fourth-order valence-electron chi connectivity index (χ4n) is 1.91. The summed E-state index contributed by atoms with van der Waals surface area (Å²) in [5.74, 6) is -2.50. The van der Waals surface area contributed by atoms with Gasteiger partial charge in [-0.05, 0) is 17.7 Å². The fraction of sp³-hybridized carbons (Fsp3) is 0.176. The second-order valence-electron chi connectivity index (χ2n) is 5.20. The normalized spacial score (nSPS) is 9.85. The highest BCUT2D eigenvalue weighted by atomic mass is 16.3. The predicted octanol–water partition coefficient (Wildman–Crippen LogP) is -0.598. The Bertz CT molecular complexity index is 759.